The van der Waals surface area contributed by atoms with Gasteiger partial charge in [-0.15, -0.1) is 0 Å². The highest BCUT2D eigenvalue weighted by Crippen LogP contribution is 2.11. The molecule has 0 aliphatic rings. The SMILES string of the molecule is CN(C)C(=O)OCCCCc1ccc(O)cc1. The van der Waals surface area contributed by atoms with E-state index in [2.05, 4.69) is 0 Å². The summed E-state index contributed by atoms with van der Waals surface area (Å²) in [7, 11) is 3.33. The van der Waals surface area contributed by atoms with Crippen LogP contribution < -0.4 is 0 Å². The summed E-state index contributed by atoms with van der Waals surface area (Å²) in [6, 6.07) is 7.17. The lowest BCUT2D eigenvalue weighted by Crippen LogP contribution is -2.23. The molecule has 4 heteroatoms. The molecule has 1 rings (SSSR count). The number of ether oxygens (including phenoxy) is 1. The lowest BCUT2D eigenvalue weighted by atomic mass is 10.1. The maximum Gasteiger partial charge on any atom is 0.409 e. The molecule has 17 heavy (non-hydrogen) atoms. The van der Waals surface area contributed by atoms with Crippen LogP contribution in [0.5, 0.6) is 5.75 Å². The first-order valence-corrected chi connectivity index (χ1v) is 5.71. The van der Waals surface area contributed by atoms with Gasteiger partial charge in [0.2, 0.25) is 0 Å². The smallest absolute Gasteiger partial charge is 0.409 e. The third kappa shape index (κ3) is 5.24. The Morgan fingerprint density at radius 3 is 2.47 bits per heavy atom. The fraction of sp³-hybridized carbons (Fsp3) is 0.462. The number of rotatable bonds is 5. The van der Waals surface area contributed by atoms with Crippen molar-refractivity contribution in [3.63, 3.8) is 0 Å². The second kappa shape index (κ2) is 6.78. The highest BCUT2D eigenvalue weighted by Gasteiger charge is 2.03. The van der Waals surface area contributed by atoms with E-state index in [1.165, 1.54) is 10.5 Å². The molecule has 0 aromatic heterocycles. The van der Waals surface area contributed by atoms with Crippen LogP contribution in [0, 0.1) is 0 Å². The minimum atomic E-state index is -0.297. The molecule has 0 saturated carbocycles. The number of aryl methyl sites for hydroxylation is 1. The van der Waals surface area contributed by atoms with E-state index in [4.69, 9.17) is 9.84 Å². The van der Waals surface area contributed by atoms with Crippen molar-refractivity contribution in [1.29, 1.82) is 0 Å². The molecule has 0 radical (unpaired) electrons. The van der Waals surface area contributed by atoms with Crippen molar-refractivity contribution in [3.05, 3.63) is 29.8 Å². The molecule has 1 amide bonds. The topological polar surface area (TPSA) is 49.8 Å². The Kier molecular flexibility index (Phi) is 5.33. The molecular formula is C13H19NO3. The zero-order valence-electron chi connectivity index (χ0n) is 10.3. The second-order valence-corrected chi connectivity index (χ2v) is 4.13. The first-order chi connectivity index (χ1) is 8.09. The Bertz CT molecular complexity index is 346. The molecule has 0 aliphatic carbocycles. The average Bonchev–Trinajstić information content (AvgIpc) is 2.30. The summed E-state index contributed by atoms with van der Waals surface area (Å²) < 4.78 is 5.01. The Balaban J connectivity index is 2.12. The number of aromatic hydroxyl groups is 1. The van der Waals surface area contributed by atoms with Gasteiger partial charge in [-0.05, 0) is 37.0 Å². The minimum absolute atomic E-state index is 0.286. The highest BCUT2D eigenvalue weighted by molar-refractivity contribution is 5.66. The fourth-order valence-electron chi connectivity index (χ4n) is 1.38. The number of carbonyl (C=O) groups excluding carboxylic acids is 1. The molecule has 0 unspecified atom stereocenters. The molecule has 0 aliphatic heterocycles. The van der Waals surface area contributed by atoms with Gasteiger partial charge in [0.25, 0.3) is 0 Å². The number of phenols is 1. The van der Waals surface area contributed by atoms with E-state index in [1.807, 2.05) is 12.1 Å². The molecule has 0 bridgehead atoms. The summed E-state index contributed by atoms with van der Waals surface area (Å²) in [5, 5.41) is 9.12. The molecule has 1 aromatic carbocycles. The van der Waals surface area contributed by atoms with Crippen LogP contribution in [0.15, 0.2) is 24.3 Å². The summed E-state index contributed by atoms with van der Waals surface area (Å²) in [5.41, 5.74) is 1.18. The second-order valence-electron chi connectivity index (χ2n) is 4.13. The van der Waals surface area contributed by atoms with Gasteiger partial charge < -0.3 is 14.7 Å². The average molecular weight is 237 g/mol. The van der Waals surface area contributed by atoms with Crippen LogP contribution in [0.3, 0.4) is 0 Å². The number of nitrogens with zero attached hydrogens (tertiary/aromatic N) is 1. The molecule has 0 atom stereocenters. The van der Waals surface area contributed by atoms with Crippen LogP contribution in [-0.4, -0.2) is 36.8 Å². The molecule has 0 spiro atoms. The molecule has 0 saturated heterocycles. The first-order valence-electron chi connectivity index (χ1n) is 5.71. The molecule has 0 fully saturated rings. The quantitative estimate of drug-likeness (QED) is 0.800. The summed E-state index contributed by atoms with van der Waals surface area (Å²) in [5.74, 6) is 0.286. The zero-order valence-corrected chi connectivity index (χ0v) is 10.3. The Labute approximate surface area is 102 Å². The monoisotopic (exact) mass is 237 g/mol. The number of hydrogen-bond donors (Lipinski definition) is 1. The maximum absolute atomic E-state index is 11.1. The Morgan fingerprint density at radius 1 is 1.24 bits per heavy atom. The first kappa shape index (κ1) is 13.4. The number of phenolic OH excluding ortho intramolecular Hbond substituents is 1. The van der Waals surface area contributed by atoms with Crippen LogP contribution in [0.2, 0.25) is 0 Å². The van der Waals surface area contributed by atoms with Crippen molar-refractivity contribution in [2.75, 3.05) is 20.7 Å². The van der Waals surface area contributed by atoms with Crippen LogP contribution >= 0.6 is 0 Å². The van der Waals surface area contributed by atoms with Gasteiger partial charge in [-0.1, -0.05) is 12.1 Å². The van der Waals surface area contributed by atoms with Gasteiger partial charge in [-0.2, -0.15) is 0 Å². The van der Waals surface area contributed by atoms with Crippen molar-refractivity contribution < 1.29 is 14.6 Å². The molecule has 1 N–H and O–H groups in total. The molecular weight excluding hydrogens is 218 g/mol. The van der Waals surface area contributed by atoms with Crippen molar-refractivity contribution >= 4 is 6.09 Å². The van der Waals surface area contributed by atoms with Crippen molar-refractivity contribution in [2.24, 2.45) is 0 Å². The fourth-order valence-corrected chi connectivity index (χ4v) is 1.38. The van der Waals surface area contributed by atoms with Crippen LogP contribution in [0.4, 0.5) is 4.79 Å². The molecule has 94 valence electrons. The van der Waals surface area contributed by atoms with Gasteiger partial charge in [0.05, 0.1) is 6.61 Å². The van der Waals surface area contributed by atoms with E-state index in [0.29, 0.717) is 6.61 Å². The summed E-state index contributed by atoms with van der Waals surface area (Å²) in [6.45, 7) is 0.453. The van der Waals surface area contributed by atoms with Gasteiger partial charge >= 0.3 is 6.09 Å². The number of benzene rings is 1. The predicted octanol–water partition coefficient (Wildman–Crippen LogP) is 2.41. The molecule has 4 nitrogen and oxygen atoms in total. The lowest BCUT2D eigenvalue weighted by Gasteiger charge is -2.10. The van der Waals surface area contributed by atoms with Crippen molar-refractivity contribution in [1.82, 2.24) is 4.90 Å². The van der Waals surface area contributed by atoms with Crippen LogP contribution in [0.1, 0.15) is 18.4 Å². The van der Waals surface area contributed by atoms with E-state index in [1.54, 1.807) is 26.2 Å². The zero-order chi connectivity index (χ0) is 12.7. The summed E-state index contributed by atoms with van der Waals surface area (Å²) >= 11 is 0. The summed E-state index contributed by atoms with van der Waals surface area (Å²) in [4.78, 5) is 12.5. The highest BCUT2D eigenvalue weighted by atomic mass is 16.6. The molecule has 0 heterocycles. The third-order valence-corrected chi connectivity index (χ3v) is 2.39. The lowest BCUT2D eigenvalue weighted by molar-refractivity contribution is 0.116. The maximum atomic E-state index is 11.1. The normalized spacial score (nSPS) is 10.0. The summed E-state index contributed by atoms with van der Waals surface area (Å²) in [6.07, 6.45) is 2.45. The van der Waals surface area contributed by atoms with E-state index in [0.717, 1.165) is 19.3 Å². The van der Waals surface area contributed by atoms with Gasteiger partial charge in [0.15, 0.2) is 0 Å². The largest absolute Gasteiger partial charge is 0.508 e. The number of carbonyl (C=O) groups is 1. The van der Waals surface area contributed by atoms with E-state index in [9.17, 15) is 4.79 Å². The van der Waals surface area contributed by atoms with E-state index in [-0.39, 0.29) is 11.8 Å². The standard InChI is InChI=1S/C13H19NO3/c1-14(2)13(16)17-10-4-3-5-11-6-8-12(15)9-7-11/h6-9,15H,3-5,10H2,1-2H3. The van der Waals surface area contributed by atoms with Crippen LogP contribution in [-0.2, 0) is 11.2 Å². The number of amides is 1. The van der Waals surface area contributed by atoms with Gasteiger partial charge in [0, 0.05) is 14.1 Å². The minimum Gasteiger partial charge on any atom is -0.508 e. The van der Waals surface area contributed by atoms with Gasteiger partial charge in [-0.3, -0.25) is 0 Å². The Morgan fingerprint density at radius 2 is 1.88 bits per heavy atom. The number of unbranched alkanes of at least 4 members (excludes halogenated alkanes) is 1. The number of hydrogen-bond acceptors (Lipinski definition) is 3. The van der Waals surface area contributed by atoms with Gasteiger partial charge in [0.1, 0.15) is 5.75 Å². The third-order valence-electron chi connectivity index (χ3n) is 2.39. The predicted molar refractivity (Wildman–Crippen MR) is 66.1 cm³/mol. The van der Waals surface area contributed by atoms with Crippen molar-refractivity contribution in [2.45, 2.75) is 19.3 Å². The van der Waals surface area contributed by atoms with Crippen LogP contribution in [0.25, 0.3) is 0 Å². The van der Waals surface area contributed by atoms with Gasteiger partial charge in [-0.25, -0.2) is 4.79 Å². The van der Waals surface area contributed by atoms with E-state index < -0.39 is 0 Å². The van der Waals surface area contributed by atoms with E-state index >= 15 is 0 Å². The Hall–Kier alpha value is -1.71. The molecule has 1 aromatic rings. The van der Waals surface area contributed by atoms with Crippen molar-refractivity contribution in [3.8, 4) is 5.75 Å².